The van der Waals surface area contributed by atoms with Crippen LogP contribution in [0, 0.1) is 6.92 Å². The molecule has 0 fully saturated rings. The van der Waals surface area contributed by atoms with E-state index < -0.39 is 10.0 Å². The van der Waals surface area contributed by atoms with Crippen molar-refractivity contribution in [3.8, 4) is 0 Å². The molecular weight excluding hydrogens is 294 g/mol. The molecule has 0 radical (unpaired) electrons. The van der Waals surface area contributed by atoms with E-state index in [1.165, 1.54) is 16.8 Å². The lowest BCUT2D eigenvalue weighted by Gasteiger charge is -2.01. The molecule has 0 atom stereocenters. The second kappa shape index (κ2) is 5.65. The highest BCUT2D eigenvalue weighted by Crippen LogP contribution is 2.19. The van der Waals surface area contributed by atoms with E-state index in [9.17, 15) is 13.5 Å². The van der Waals surface area contributed by atoms with Gasteiger partial charge in [-0.1, -0.05) is 24.0 Å². The van der Waals surface area contributed by atoms with Crippen LogP contribution >= 0.6 is 0 Å². The van der Waals surface area contributed by atoms with E-state index in [2.05, 4.69) is 9.68 Å². The van der Waals surface area contributed by atoms with Crippen molar-refractivity contribution in [2.45, 2.75) is 31.7 Å². The Morgan fingerprint density at radius 2 is 1.95 bits per heavy atom. The molecule has 8 heteroatoms. The molecule has 1 heterocycles. The van der Waals surface area contributed by atoms with Crippen molar-refractivity contribution >= 4 is 15.9 Å². The molecule has 7 nitrogen and oxygen atoms in total. The molecule has 1 aliphatic heterocycles. The van der Waals surface area contributed by atoms with Gasteiger partial charge in [0, 0.05) is 13.8 Å². The maximum absolute atomic E-state index is 12.2. The largest absolute Gasteiger partial charge is 0.873 e. The molecule has 2 rings (SSSR count). The average Bonchev–Trinajstić information content (AvgIpc) is 2.81. The summed E-state index contributed by atoms with van der Waals surface area (Å²) in [5.41, 5.74) is 0.917. The minimum atomic E-state index is -3.96. The standard InChI is InChI=1S/C13H15N3O4S/c1-9(2)16-12(8-17)13(20-15-16)14-21(18,19)11-6-4-10(3)5-7-11/h4-9H,1-3H3. The summed E-state index contributed by atoms with van der Waals surface area (Å²) in [6.07, 6.45) is 0.472. The van der Waals surface area contributed by atoms with E-state index in [0.29, 0.717) is 6.26 Å². The highest BCUT2D eigenvalue weighted by atomic mass is 32.2. The summed E-state index contributed by atoms with van der Waals surface area (Å²) in [7, 11) is -3.96. The van der Waals surface area contributed by atoms with Gasteiger partial charge in [0.25, 0.3) is 15.7 Å². The quantitative estimate of drug-likeness (QED) is 0.617. The summed E-state index contributed by atoms with van der Waals surface area (Å²) in [5, 5.41) is 14.7. The van der Waals surface area contributed by atoms with Crippen LogP contribution in [-0.4, -0.2) is 25.1 Å². The molecule has 0 bridgehead atoms. The topological polar surface area (TPSA) is 94.2 Å². The van der Waals surface area contributed by atoms with Gasteiger partial charge < -0.3 is 5.11 Å². The number of aryl methyl sites for hydroxylation is 1. The minimum absolute atomic E-state index is 0.0133. The lowest BCUT2D eigenvalue weighted by molar-refractivity contribution is -0.581. The monoisotopic (exact) mass is 309 g/mol. The molecule has 0 aliphatic carbocycles. The van der Waals surface area contributed by atoms with Gasteiger partial charge in [-0.2, -0.15) is 8.42 Å². The van der Waals surface area contributed by atoms with Crippen molar-refractivity contribution in [2.75, 3.05) is 0 Å². The SMILES string of the molecule is Cc1ccc(S(=O)(=O)/N=C2\ON=[N+](C(C)C)\C2=C\[O-])cc1. The Labute approximate surface area is 122 Å². The predicted molar refractivity (Wildman–Crippen MR) is 72.8 cm³/mol. The highest BCUT2D eigenvalue weighted by Gasteiger charge is 2.35. The third-order valence-electron chi connectivity index (χ3n) is 2.80. The van der Waals surface area contributed by atoms with Crippen molar-refractivity contribution in [1.29, 1.82) is 0 Å². The zero-order valence-corrected chi connectivity index (χ0v) is 12.7. The Balaban J connectivity index is 2.38. The first-order valence-corrected chi connectivity index (χ1v) is 7.70. The van der Waals surface area contributed by atoms with Gasteiger partial charge in [-0.25, -0.2) is 0 Å². The van der Waals surface area contributed by atoms with E-state index in [4.69, 9.17) is 4.84 Å². The summed E-state index contributed by atoms with van der Waals surface area (Å²) in [5.74, 6) is -0.320. The average molecular weight is 309 g/mol. The molecule has 0 N–H and O–H groups in total. The Hall–Kier alpha value is -2.22. The summed E-state index contributed by atoms with van der Waals surface area (Å²) in [4.78, 5) is 4.89. The maximum atomic E-state index is 12.2. The van der Waals surface area contributed by atoms with E-state index in [0.717, 1.165) is 5.56 Å². The zero-order chi connectivity index (χ0) is 15.6. The molecule has 0 unspecified atom stereocenters. The van der Waals surface area contributed by atoms with E-state index >= 15 is 0 Å². The normalized spacial score (nSPS) is 19.1. The minimum Gasteiger partial charge on any atom is -0.873 e. The predicted octanol–water partition coefficient (Wildman–Crippen LogP) is 1.10. The van der Waals surface area contributed by atoms with Crippen LogP contribution in [0.3, 0.4) is 0 Å². The Morgan fingerprint density at radius 3 is 2.48 bits per heavy atom. The van der Waals surface area contributed by atoms with Gasteiger partial charge in [0.05, 0.1) is 4.90 Å². The van der Waals surface area contributed by atoms with Crippen molar-refractivity contribution in [3.05, 3.63) is 41.8 Å². The summed E-state index contributed by atoms with van der Waals surface area (Å²) >= 11 is 0. The van der Waals surface area contributed by atoms with E-state index in [1.807, 2.05) is 6.92 Å². The van der Waals surface area contributed by atoms with Gasteiger partial charge in [-0.05, 0) is 23.8 Å². The van der Waals surface area contributed by atoms with Crippen LogP contribution in [0.15, 0.2) is 50.8 Å². The van der Waals surface area contributed by atoms with E-state index in [1.54, 1.807) is 26.0 Å². The van der Waals surface area contributed by atoms with Gasteiger partial charge in [0.2, 0.25) is 5.28 Å². The number of nitrogens with zero attached hydrogens (tertiary/aromatic N) is 3. The van der Waals surface area contributed by atoms with Gasteiger partial charge in [-0.3, -0.25) is 4.84 Å². The number of rotatable bonds is 3. The van der Waals surface area contributed by atoms with Crippen LogP contribution in [0.2, 0.25) is 0 Å². The number of benzene rings is 1. The fourth-order valence-electron chi connectivity index (χ4n) is 1.68. The van der Waals surface area contributed by atoms with Crippen molar-refractivity contribution in [3.63, 3.8) is 0 Å². The van der Waals surface area contributed by atoms with Crippen LogP contribution in [0.4, 0.5) is 0 Å². The first kappa shape index (κ1) is 15.2. The summed E-state index contributed by atoms with van der Waals surface area (Å²) in [6, 6.07) is 6.07. The second-order valence-corrected chi connectivity index (χ2v) is 6.40. The molecule has 112 valence electrons. The van der Waals surface area contributed by atoms with Gasteiger partial charge >= 0.3 is 5.90 Å². The fraction of sp³-hybridized carbons (Fsp3) is 0.308. The van der Waals surface area contributed by atoms with Gasteiger partial charge in [0.15, 0.2) is 6.04 Å². The third kappa shape index (κ3) is 3.10. The molecule has 0 aromatic heterocycles. The van der Waals surface area contributed by atoms with Crippen molar-refractivity contribution in [2.24, 2.45) is 9.68 Å². The number of hydrogen-bond acceptors (Lipinski definition) is 5. The molecule has 0 spiro atoms. The van der Waals surface area contributed by atoms with Gasteiger partial charge in [0.1, 0.15) is 0 Å². The lowest BCUT2D eigenvalue weighted by Crippen LogP contribution is -2.20. The van der Waals surface area contributed by atoms with Crippen LogP contribution < -0.4 is 5.11 Å². The molecule has 0 amide bonds. The van der Waals surface area contributed by atoms with Crippen LogP contribution in [0.25, 0.3) is 0 Å². The summed E-state index contributed by atoms with van der Waals surface area (Å²) in [6.45, 7) is 5.42. The molecule has 1 aliphatic rings. The van der Waals surface area contributed by atoms with E-state index in [-0.39, 0.29) is 22.5 Å². The lowest BCUT2D eigenvalue weighted by atomic mass is 10.2. The first-order valence-electron chi connectivity index (χ1n) is 6.26. The smallest absolute Gasteiger partial charge is 0.338 e. The van der Waals surface area contributed by atoms with Crippen molar-refractivity contribution < 1.29 is 23.1 Å². The molecular formula is C13H15N3O4S. The molecule has 1 aromatic rings. The Morgan fingerprint density at radius 1 is 1.33 bits per heavy atom. The van der Waals surface area contributed by atoms with Crippen LogP contribution in [0.5, 0.6) is 0 Å². The second-order valence-electron chi connectivity index (χ2n) is 4.80. The summed E-state index contributed by atoms with van der Waals surface area (Å²) < 4.78 is 29.2. The number of sulfonamides is 1. The Kier molecular flexibility index (Phi) is 4.08. The Bertz CT molecular complexity index is 731. The van der Waals surface area contributed by atoms with Gasteiger partial charge in [-0.15, -0.1) is 4.40 Å². The third-order valence-corrected chi connectivity index (χ3v) is 4.08. The van der Waals surface area contributed by atoms with Crippen LogP contribution in [0.1, 0.15) is 19.4 Å². The molecule has 0 saturated carbocycles. The molecule has 0 saturated heterocycles. The first-order chi connectivity index (χ1) is 9.85. The maximum Gasteiger partial charge on any atom is 0.338 e. The zero-order valence-electron chi connectivity index (χ0n) is 11.8. The van der Waals surface area contributed by atoms with Crippen LogP contribution in [-0.2, 0) is 14.9 Å². The molecule has 21 heavy (non-hydrogen) atoms. The fourth-order valence-corrected chi connectivity index (χ4v) is 2.61. The number of hydrogen-bond donors (Lipinski definition) is 0. The van der Waals surface area contributed by atoms with Crippen molar-refractivity contribution in [1.82, 2.24) is 0 Å². The highest BCUT2D eigenvalue weighted by molar-refractivity contribution is 7.90. The molecule has 1 aromatic carbocycles.